The number of hydrogen-bond acceptors (Lipinski definition) is 3. The summed E-state index contributed by atoms with van der Waals surface area (Å²) in [7, 11) is 1.71. The number of methoxy groups -OCH3 is 1. The molecule has 1 fully saturated rings. The minimum absolute atomic E-state index is 0.0424. The number of nitrogens with zero attached hydrogens (tertiary/aromatic N) is 2. The standard InChI is InChI=1S/C17H27N3O2/c1-4-19(5-2)17(21)18-12-14-10-11-20(13-14)15-8-6-7-9-16(15)22-3/h6-9,14H,4-5,10-13H2,1-3H3,(H,18,21). The van der Waals surface area contributed by atoms with E-state index in [1.807, 2.05) is 36.9 Å². The molecule has 1 saturated heterocycles. The smallest absolute Gasteiger partial charge is 0.317 e. The third-order valence-electron chi connectivity index (χ3n) is 4.30. The normalized spacial score (nSPS) is 17.4. The highest BCUT2D eigenvalue weighted by Crippen LogP contribution is 2.31. The van der Waals surface area contributed by atoms with Gasteiger partial charge in [0, 0.05) is 32.7 Å². The largest absolute Gasteiger partial charge is 0.495 e. The van der Waals surface area contributed by atoms with Crippen LogP contribution in [0.5, 0.6) is 5.75 Å². The lowest BCUT2D eigenvalue weighted by atomic mass is 10.1. The first-order valence-electron chi connectivity index (χ1n) is 8.10. The zero-order valence-corrected chi connectivity index (χ0v) is 13.8. The number of hydrogen-bond donors (Lipinski definition) is 1. The van der Waals surface area contributed by atoms with Crippen LogP contribution in [0.2, 0.25) is 0 Å². The van der Waals surface area contributed by atoms with Gasteiger partial charge < -0.3 is 19.9 Å². The predicted molar refractivity (Wildman–Crippen MR) is 89.6 cm³/mol. The Morgan fingerprint density at radius 2 is 2.09 bits per heavy atom. The summed E-state index contributed by atoms with van der Waals surface area (Å²) in [6.45, 7) is 8.21. The summed E-state index contributed by atoms with van der Waals surface area (Å²) >= 11 is 0. The molecule has 0 saturated carbocycles. The predicted octanol–water partition coefficient (Wildman–Crippen LogP) is 2.57. The molecule has 2 rings (SSSR count). The Balaban J connectivity index is 1.87. The Kier molecular flexibility index (Phi) is 5.92. The average Bonchev–Trinajstić information content (AvgIpc) is 3.02. The molecule has 22 heavy (non-hydrogen) atoms. The van der Waals surface area contributed by atoms with Crippen molar-refractivity contribution < 1.29 is 9.53 Å². The minimum atomic E-state index is 0.0424. The van der Waals surface area contributed by atoms with Crippen LogP contribution in [0.3, 0.4) is 0 Å². The number of nitrogens with one attached hydrogen (secondary N) is 1. The van der Waals surface area contributed by atoms with Crippen molar-refractivity contribution in [2.45, 2.75) is 20.3 Å². The number of carbonyl (C=O) groups excluding carboxylic acids is 1. The zero-order valence-electron chi connectivity index (χ0n) is 13.8. The van der Waals surface area contributed by atoms with E-state index in [2.05, 4.69) is 16.3 Å². The molecule has 1 aliphatic heterocycles. The van der Waals surface area contributed by atoms with Gasteiger partial charge in [0.2, 0.25) is 0 Å². The second-order valence-corrected chi connectivity index (χ2v) is 5.63. The molecular weight excluding hydrogens is 278 g/mol. The molecule has 122 valence electrons. The summed E-state index contributed by atoms with van der Waals surface area (Å²) < 4.78 is 5.43. The van der Waals surface area contributed by atoms with Gasteiger partial charge in [-0.15, -0.1) is 0 Å². The monoisotopic (exact) mass is 305 g/mol. The van der Waals surface area contributed by atoms with E-state index in [9.17, 15) is 4.79 Å². The molecule has 1 unspecified atom stereocenters. The number of amides is 2. The number of benzene rings is 1. The summed E-state index contributed by atoms with van der Waals surface area (Å²) in [6.07, 6.45) is 1.09. The van der Waals surface area contributed by atoms with E-state index in [0.29, 0.717) is 5.92 Å². The fourth-order valence-electron chi connectivity index (χ4n) is 2.96. The number of rotatable bonds is 6. The van der Waals surface area contributed by atoms with Crippen molar-refractivity contribution in [2.75, 3.05) is 44.7 Å². The van der Waals surface area contributed by atoms with Crippen LogP contribution >= 0.6 is 0 Å². The van der Waals surface area contributed by atoms with Crippen molar-refractivity contribution in [1.82, 2.24) is 10.2 Å². The Morgan fingerprint density at radius 1 is 1.36 bits per heavy atom. The van der Waals surface area contributed by atoms with Gasteiger partial charge in [-0.05, 0) is 38.3 Å². The summed E-state index contributed by atoms with van der Waals surface area (Å²) in [4.78, 5) is 16.1. The van der Waals surface area contributed by atoms with Crippen molar-refractivity contribution in [3.05, 3.63) is 24.3 Å². The summed E-state index contributed by atoms with van der Waals surface area (Å²) in [5.41, 5.74) is 1.14. The maximum Gasteiger partial charge on any atom is 0.317 e. The maximum absolute atomic E-state index is 12.0. The van der Waals surface area contributed by atoms with Gasteiger partial charge in [-0.25, -0.2) is 4.79 Å². The molecular formula is C17H27N3O2. The molecule has 1 heterocycles. The van der Waals surface area contributed by atoms with Gasteiger partial charge in [0.05, 0.1) is 12.8 Å². The number of anilines is 1. The first-order chi connectivity index (χ1) is 10.7. The van der Waals surface area contributed by atoms with Crippen molar-refractivity contribution >= 4 is 11.7 Å². The molecule has 1 N–H and O–H groups in total. The lowest BCUT2D eigenvalue weighted by Gasteiger charge is -2.22. The molecule has 1 aromatic carbocycles. The summed E-state index contributed by atoms with van der Waals surface area (Å²) in [5, 5.41) is 3.06. The lowest BCUT2D eigenvalue weighted by Crippen LogP contribution is -2.42. The third-order valence-corrected chi connectivity index (χ3v) is 4.30. The Hall–Kier alpha value is -1.91. The third kappa shape index (κ3) is 3.84. The number of carbonyl (C=O) groups is 1. The first-order valence-corrected chi connectivity index (χ1v) is 8.10. The van der Waals surface area contributed by atoms with E-state index in [-0.39, 0.29) is 6.03 Å². The first kappa shape index (κ1) is 16.5. The Labute approximate surface area is 133 Å². The van der Waals surface area contributed by atoms with Crippen LogP contribution < -0.4 is 15.0 Å². The van der Waals surface area contributed by atoms with Crippen LogP contribution in [0.1, 0.15) is 20.3 Å². The number of para-hydroxylation sites is 2. The van der Waals surface area contributed by atoms with Gasteiger partial charge >= 0.3 is 6.03 Å². The van der Waals surface area contributed by atoms with Crippen molar-refractivity contribution in [1.29, 1.82) is 0 Å². The molecule has 0 spiro atoms. The molecule has 1 aromatic rings. The molecule has 5 heteroatoms. The highest BCUT2D eigenvalue weighted by Gasteiger charge is 2.25. The van der Waals surface area contributed by atoms with Crippen molar-refractivity contribution in [3.63, 3.8) is 0 Å². The quantitative estimate of drug-likeness (QED) is 0.878. The second-order valence-electron chi connectivity index (χ2n) is 5.63. The maximum atomic E-state index is 12.0. The average molecular weight is 305 g/mol. The Bertz CT molecular complexity index is 489. The van der Waals surface area contributed by atoms with Crippen LogP contribution in [0, 0.1) is 5.92 Å². The lowest BCUT2D eigenvalue weighted by molar-refractivity contribution is 0.201. The molecule has 0 bridgehead atoms. The van der Waals surface area contributed by atoms with Gasteiger partial charge in [0.25, 0.3) is 0 Å². The molecule has 5 nitrogen and oxygen atoms in total. The zero-order chi connectivity index (χ0) is 15.9. The van der Waals surface area contributed by atoms with Crippen LogP contribution in [0.15, 0.2) is 24.3 Å². The number of urea groups is 1. The summed E-state index contributed by atoms with van der Waals surface area (Å²) in [6, 6.07) is 8.15. The van der Waals surface area contributed by atoms with E-state index >= 15 is 0 Å². The highest BCUT2D eigenvalue weighted by atomic mass is 16.5. The van der Waals surface area contributed by atoms with Crippen molar-refractivity contribution in [3.8, 4) is 5.75 Å². The second kappa shape index (κ2) is 7.92. The summed E-state index contributed by atoms with van der Waals surface area (Å²) in [5.74, 6) is 1.40. The van der Waals surface area contributed by atoms with Crippen LogP contribution in [-0.4, -0.2) is 50.8 Å². The van der Waals surface area contributed by atoms with Gasteiger partial charge in [-0.2, -0.15) is 0 Å². The Morgan fingerprint density at radius 3 is 2.77 bits per heavy atom. The SMILES string of the molecule is CCN(CC)C(=O)NCC1CCN(c2ccccc2OC)C1. The van der Waals surface area contributed by atoms with Gasteiger partial charge in [0.1, 0.15) is 5.75 Å². The molecule has 1 aliphatic rings. The van der Waals surface area contributed by atoms with E-state index < -0.39 is 0 Å². The molecule has 0 aromatic heterocycles. The molecule has 1 atom stereocenters. The van der Waals surface area contributed by atoms with Gasteiger partial charge in [-0.3, -0.25) is 0 Å². The van der Waals surface area contributed by atoms with E-state index in [1.165, 1.54) is 0 Å². The number of ether oxygens (including phenoxy) is 1. The molecule has 0 radical (unpaired) electrons. The van der Waals surface area contributed by atoms with E-state index in [1.54, 1.807) is 7.11 Å². The highest BCUT2D eigenvalue weighted by molar-refractivity contribution is 5.74. The van der Waals surface area contributed by atoms with E-state index in [4.69, 9.17) is 4.74 Å². The van der Waals surface area contributed by atoms with Crippen LogP contribution in [0.4, 0.5) is 10.5 Å². The molecule has 0 aliphatic carbocycles. The van der Waals surface area contributed by atoms with Gasteiger partial charge in [-0.1, -0.05) is 12.1 Å². The topological polar surface area (TPSA) is 44.8 Å². The van der Waals surface area contributed by atoms with Crippen molar-refractivity contribution in [2.24, 2.45) is 5.92 Å². The van der Waals surface area contributed by atoms with Crippen LogP contribution in [0.25, 0.3) is 0 Å². The van der Waals surface area contributed by atoms with Gasteiger partial charge in [0.15, 0.2) is 0 Å². The molecule has 2 amide bonds. The fraction of sp³-hybridized carbons (Fsp3) is 0.588. The van der Waals surface area contributed by atoms with E-state index in [0.717, 1.165) is 50.6 Å². The van der Waals surface area contributed by atoms with Crippen LogP contribution in [-0.2, 0) is 0 Å². The fourth-order valence-corrected chi connectivity index (χ4v) is 2.96. The minimum Gasteiger partial charge on any atom is -0.495 e.